The molecule has 0 aliphatic heterocycles. The Morgan fingerprint density at radius 3 is 3.00 bits per heavy atom. The minimum Gasteiger partial charge on any atom is -0.496 e. The van der Waals surface area contributed by atoms with E-state index in [9.17, 15) is 0 Å². The summed E-state index contributed by atoms with van der Waals surface area (Å²) >= 11 is 5.96. The molecule has 1 saturated carbocycles. The third-order valence-electron chi connectivity index (χ3n) is 2.81. The SMILES string of the molecule is COc1ccc(Cl)cc1C=CCCNC1CC1. The van der Waals surface area contributed by atoms with Crippen molar-refractivity contribution in [1.82, 2.24) is 5.32 Å². The number of rotatable bonds is 6. The second kappa shape index (κ2) is 6.08. The maximum Gasteiger partial charge on any atom is 0.126 e. The summed E-state index contributed by atoms with van der Waals surface area (Å²) < 4.78 is 5.28. The zero-order valence-electron chi connectivity index (χ0n) is 10.1. The van der Waals surface area contributed by atoms with Crippen molar-refractivity contribution < 1.29 is 4.74 Å². The number of hydrogen-bond donors (Lipinski definition) is 1. The quantitative estimate of drug-likeness (QED) is 0.782. The molecule has 0 spiro atoms. The van der Waals surface area contributed by atoms with Crippen LogP contribution in [0.4, 0.5) is 0 Å². The summed E-state index contributed by atoms with van der Waals surface area (Å²) in [6.07, 6.45) is 7.94. The van der Waals surface area contributed by atoms with E-state index in [-0.39, 0.29) is 0 Å². The lowest BCUT2D eigenvalue weighted by molar-refractivity contribution is 0.414. The molecule has 2 nitrogen and oxygen atoms in total. The van der Waals surface area contributed by atoms with Gasteiger partial charge >= 0.3 is 0 Å². The van der Waals surface area contributed by atoms with E-state index < -0.39 is 0 Å². The van der Waals surface area contributed by atoms with Crippen molar-refractivity contribution in [3.8, 4) is 5.75 Å². The maximum absolute atomic E-state index is 5.96. The highest BCUT2D eigenvalue weighted by atomic mass is 35.5. The lowest BCUT2D eigenvalue weighted by Crippen LogP contribution is -2.16. The van der Waals surface area contributed by atoms with Crippen LogP contribution in [-0.4, -0.2) is 19.7 Å². The lowest BCUT2D eigenvalue weighted by atomic mass is 10.1. The number of halogens is 1. The second-order valence-corrected chi connectivity index (χ2v) is 4.74. The predicted octanol–water partition coefficient (Wildman–Crippen LogP) is 3.50. The van der Waals surface area contributed by atoms with E-state index >= 15 is 0 Å². The summed E-state index contributed by atoms with van der Waals surface area (Å²) in [4.78, 5) is 0. The monoisotopic (exact) mass is 251 g/mol. The van der Waals surface area contributed by atoms with E-state index in [1.807, 2.05) is 18.2 Å². The van der Waals surface area contributed by atoms with Gasteiger partial charge in [0, 0.05) is 16.6 Å². The Balaban J connectivity index is 1.86. The summed E-state index contributed by atoms with van der Waals surface area (Å²) in [6.45, 7) is 1.05. The Hall–Kier alpha value is -0.990. The molecular weight excluding hydrogens is 234 g/mol. The van der Waals surface area contributed by atoms with E-state index in [1.54, 1.807) is 7.11 Å². The summed E-state index contributed by atoms with van der Waals surface area (Å²) in [5.74, 6) is 0.862. The van der Waals surface area contributed by atoms with Gasteiger partial charge in [0.15, 0.2) is 0 Å². The molecule has 2 rings (SSSR count). The van der Waals surface area contributed by atoms with Gasteiger partial charge in [-0.3, -0.25) is 0 Å². The molecule has 1 aromatic carbocycles. The van der Waals surface area contributed by atoms with E-state index in [0.717, 1.165) is 35.3 Å². The van der Waals surface area contributed by atoms with Crippen LogP contribution in [0.3, 0.4) is 0 Å². The maximum atomic E-state index is 5.96. The van der Waals surface area contributed by atoms with Crippen molar-refractivity contribution in [2.75, 3.05) is 13.7 Å². The highest BCUT2D eigenvalue weighted by Crippen LogP contribution is 2.24. The number of nitrogens with one attached hydrogen (secondary N) is 1. The van der Waals surface area contributed by atoms with E-state index in [1.165, 1.54) is 12.8 Å². The Kier molecular flexibility index (Phi) is 4.46. The first kappa shape index (κ1) is 12.5. The van der Waals surface area contributed by atoms with Gasteiger partial charge in [-0.15, -0.1) is 0 Å². The first-order valence-electron chi connectivity index (χ1n) is 6.03. The Morgan fingerprint density at radius 2 is 2.29 bits per heavy atom. The van der Waals surface area contributed by atoms with Crippen LogP contribution in [0.5, 0.6) is 5.75 Å². The zero-order chi connectivity index (χ0) is 12.1. The van der Waals surface area contributed by atoms with Gasteiger partial charge in [-0.25, -0.2) is 0 Å². The van der Waals surface area contributed by atoms with Crippen LogP contribution in [0.15, 0.2) is 24.3 Å². The largest absolute Gasteiger partial charge is 0.496 e. The summed E-state index contributed by atoms with van der Waals surface area (Å²) in [5, 5.41) is 4.21. The predicted molar refractivity (Wildman–Crippen MR) is 72.7 cm³/mol. The number of benzene rings is 1. The summed E-state index contributed by atoms with van der Waals surface area (Å²) in [6, 6.07) is 6.44. The van der Waals surface area contributed by atoms with Gasteiger partial charge in [0.25, 0.3) is 0 Å². The molecule has 0 heterocycles. The highest BCUT2D eigenvalue weighted by Gasteiger charge is 2.19. The fourth-order valence-electron chi connectivity index (χ4n) is 1.70. The molecule has 92 valence electrons. The molecule has 0 radical (unpaired) electrons. The van der Waals surface area contributed by atoms with Crippen molar-refractivity contribution in [3.05, 3.63) is 34.9 Å². The van der Waals surface area contributed by atoms with Crippen LogP contribution in [-0.2, 0) is 0 Å². The number of ether oxygens (including phenoxy) is 1. The average Bonchev–Trinajstić information content (AvgIpc) is 3.13. The minimum atomic E-state index is 0.738. The Labute approximate surface area is 108 Å². The van der Waals surface area contributed by atoms with Crippen LogP contribution in [0.1, 0.15) is 24.8 Å². The normalized spacial score (nSPS) is 15.4. The van der Waals surface area contributed by atoms with Crippen molar-refractivity contribution >= 4 is 17.7 Å². The summed E-state index contributed by atoms with van der Waals surface area (Å²) in [5.41, 5.74) is 1.03. The molecule has 0 unspecified atom stereocenters. The topological polar surface area (TPSA) is 21.3 Å². The lowest BCUT2D eigenvalue weighted by Gasteiger charge is -2.04. The van der Waals surface area contributed by atoms with Gasteiger partial charge in [0.2, 0.25) is 0 Å². The van der Waals surface area contributed by atoms with E-state index in [0.29, 0.717) is 0 Å². The zero-order valence-corrected chi connectivity index (χ0v) is 10.8. The third-order valence-corrected chi connectivity index (χ3v) is 3.05. The molecule has 0 saturated heterocycles. The first-order valence-corrected chi connectivity index (χ1v) is 6.41. The second-order valence-electron chi connectivity index (χ2n) is 4.31. The van der Waals surface area contributed by atoms with Crippen molar-refractivity contribution in [2.45, 2.75) is 25.3 Å². The van der Waals surface area contributed by atoms with Gasteiger partial charge in [-0.05, 0) is 44.0 Å². The van der Waals surface area contributed by atoms with Gasteiger partial charge in [0.1, 0.15) is 5.75 Å². The van der Waals surface area contributed by atoms with Crippen LogP contribution in [0, 0.1) is 0 Å². The highest BCUT2D eigenvalue weighted by molar-refractivity contribution is 6.30. The van der Waals surface area contributed by atoms with Crippen molar-refractivity contribution in [1.29, 1.82) is 0 Å². The Bertz CT molecular complexity index is 399. The van der Waals surface area contributed by atoms with Gasteiger partial charge in [0.05, 0.1) is 7.11 Å². The molecule has 1 aliphatic carbocycles. The smallest absolute Gasteiger partial charge is 0.126 e. The van der Waals surface area contributed by atoms with E-state index in [4.69, 9.17) is 16.3 Å². The molecule has 0 aromatic heterocycles. The molecule has 0 bridgehead atoms. The van der Waals surface area contributed by atoms with Gasteiger partial charge in [-0.1, -0.05) is 23.8 Å². The average molecular weight is 252 g/mol. The standard InChI is InChI=1S/C14H18ClNO/c1-17-14-8-5-12(15)10-11(14)4-2-3-9-16-13-6-7-13/h2,4-5,8,10,13,16H,3,6-7,9H2,1H3. The molecule has 17 heavy (non-hydrogen) atoms. The molecule has 1 fully saturated rings. The molecule has 1 aromatic rings. The first-order chi connectivity index (χ1) is 8.29. The summed E-state index contributed by atoms with van der Waals surface area (Å²) in [7, 11) is 1.68. The molecule has 0 amide bonds. The van der Waals surface area contributed by atoms with Crippen molar-refractivity contribution in [3.63, 3.8) is 0 Å². The van der Waals surface area contributed by atoms with Crippen LogP contribution in [0.25, 0.3) is 6.08 Å². The van der Waals surface area contributed by atoms with Crippen LogP contribution >= 0.6 is 11.6 Å². The third kappa shape index (κ3) is 4.06. The number of hydrogen-bond acceptors (Lipinski definition) is 2. The minimum absolute atomic E-state index is 0.738. The van der Waals surface area contributed by atoms with E-state index in [2.05, 4.69) is 17.5 Å². The van der Waals surface area contributed by atoms with Crippen LogP contribution < -0.4 is 10.1 Å². The molecule has 0 atom stereocenters. The van der Waals surface area contributed by atoms with Gasteiger partial charge in [-0.2, -0.15) is 0 Å². The Morgan fingerprint density at radius 1 is 1.47 bits per heavy atom. The number of methoxy groups -OCH3 is 1. The fraction of sp³-hybridized carbons (Fsp3) is 0.429. The molecule has 3 heteroatoms. The van der Waals surface area contributed by atoms with Crippen LogP contribution in [0.2, 0.25) is 5.02 Å². The van der Waals surface area contributed by atoms with Crippen molar-refractivity contribution in [2.24, 2.45) is 0 Å². The molecule has 1 N–H and O–H groups in total. The fourth-order valence-corrected chi connectivity index (χ4v) is 1.88. The molecular formula is C14H18ClNO. The molecule has 1 aliphatic rings. The van der Waals surface area contributed by atoms with Gasteiger partial charge < -0.3 is 10.1 Å².